The van der Waals surface area contributed by atoms with E-state index >= 15 is 0 Å². The number of furan rings is 1. The molecule has 0 fully saturated rings. The standard InChI is InChI=1S/C13H10F2N2OS/c14-9-3-4-10-12(11(9)15)17(13(19)16-10)6-5-8-2-1-7-18-8/h1-4,7H,5-6H2,(H,16,19). The highest BCUT2D eigenvalue weighted by Crippen LogP contribution is 2.21. The number of nitrogens with one attached hydrogen (secondary N) is 1. The largest absolute Gasteiger partial charge is 0.469 e. The second kappa shape index (κ2) is 4.62. The van der Waals surface area contributed by atoms with E-state index in [1.807, 2.05) is 6.07 Å². The number of hydrogen-bond acceptors (Lipinski definition) is 2. The molecular weight excluding hydrogens is 270 g/mol. The Balaban J connectivity index is 2.05. The molecule has 0 aliphatic carbocycles. The zero-order valence-electron chi connectivity index (χ0n) is 9.82. The van der Waals surface area contributed by atoms with Gasteiger partial charge in [0.2, 0.25) is 0 Å². The monoisotopic (exact) mass is 280 g/mol. The van der Waals surface area contributed by atoms with E-state index in [1.165, 1.54) is 6.07 Å². The van der Waals surface area contributed by atoms with E-state index < -0.39 is 11.6 Å². The lowest BCUT2D eigenvalue weighted by molar-refractivity contribution is 0.487. The van der Waals surface area contributed by atoms with Crippen molar-refractivity contribution in [3.05, 3.63) is 52.7 Å². The Morgan fingerprint density at radius 1 is 1.26 bits per heavy atom. The van der Waals surface area contributed by atoms with Crippen LogP contribution in [0.4, 0.5) is 8.78 Å². The first-order valence-corrected chi connectivity index (χ1v) is 6.16. The average molecular weight is 280 g/mol. The van der Waals surface area contributed by atoms with E-state index in [0.717, 1.165) is 11.8 Å². The maximum Gasteiger partial charge on any atom is 0.184 e. The molecule has 19 heavy (non-hydrogen) atoms. The molecule has 1 N–H and O–H groups in total. The zero-order chi connectivity index (χ0) is 13.4. The Hall–Kier alpha value is -1.95. The number of rotatable bonds is 3. The first-order valence-electron chi connectivity index (χ1n) is 5.75. The Kier molecular flexibility index (Phi) is 2.94. The highest BCUT2D eigenvalue weighted by molar-refractivity contribution is 7.71. The average Bonchev–Trinajstić information content (AvgIpc) is 2.99. The van der Waals surface area contributed by atoms with Gasteiger partial charge in [0.15, 0.2) is 16.4 Å². The van der Waals surface area contributed by atoms with Crippen molar-refractivity contribution in [2.45, 2.75) is 13.0 Å². The fourth-order valence-corrected chi connectivity index (χ4v) is 2.37. The molecule has 2 heterocycles. The molecule has 98 valence electrons. The Bertz CT molecular complexity index is 774. The summed E-state index contributed by atoms with van der Waals surface area (Å²) in [6.45, 7) is 0.423. The number of aromatic nitrogens is 2. The van der Waals surface area contributed by atoms with Gasteiger partial charge in [0.1, 0.15) is 11.3 Å². The van der Waals surface area contributed by atoms with E-state index in [1.54, 1.807) is 16.9 Å². The van der Waals surface area contributed by atoms with Crippen LogP contribution < -0.4 is 0 Å². The molecule has 0 radical (unpaired) electrons. The number of imidazole rings is 1. The highest BCUT2D eigenvalue weighted by Gasteiger charge is 2.13. The highest BCUT2D eigenvalue weighted by atomic mass is 32.1. The summed E-state index contributed by atoms with van der Waals surface area (Å²) in [5.74, 6) is -0.995. The molecule has 0 saturated carbocycles. The SMILES string of the molecule is Fc1ccc2[nH]c(=S)n(CCc3ccco3)c2c1F. The zero-order valence-corrected chi connectivity index (χ0v) is 10.6. The fraction of sp³-hybridized carbons (Fsp3) is 0.154. The molecule has 3 aromatic rings. The van der Waals surface area contributed by atoms with Gasteiger partial charge in [-0.15, -0.1) is 0 Å². The molecule has 2 aromatic heterocycles. The normalized spacial score (nSPS) is 11.3. The van der Waals surface area contributed by atoms with Gasteiger partial charge in [0.25, 0.3) is 0 Å². The van der Waals surface area contributed by atoms with Crippen molar-refractivity contribution in [1.82, 2.24) is 9.55 Å². The molecule has 0 saturated heterocycles. The van der Waals surface area contributed by atoms with Gasteiger partial charge >= 0.3 is 0 Å². The van der Waals surface area contributed by atoms with Gasteiger partial charge in [-0.2, -0.15) is 0 Å². The molecular formula is C13H10F2N2OS. The molecule has 3 nitrogen and oxygen atoms in total. The fourth-order valence-electron chi connectivity index (χ4n) is 2.08. The number of H-pyrrole nitrogens is 1. The Labute approximate surface area is 112 Å². The van der Waals surface area contributed by atoms with Crippen molar-refractivity contribution in [3.63, 3.8) is 0 Å². The number of halogens is 2. The molecule has 1 aromatic carbocycles. The van der Waals surface area contributed by atoms with Crippen LogP contribution in [0.2, 0.25) is 0 Å². The summed E-state index contributed by atoms with van der Waals surface area (Å²) in [5, 5.41) is 0. The molecule has 0 atom stereocenters. The van der Waals surface area contributed by atoms with Crippen LogP contribution in [-0.2, 0) is 13.0 Å². The number of aryl methyl sites for hydroxylation is 2. The molecule has 6 heteroatoms. The number of nitrogens with zero attached hydrogens (tertiary/aromatic N) is 1. The summed E-state index contributed by atoms with van der Waals surface area (Å²) in [7, 11) is 0. The van der Waals surface area contributed by atoms with Gasteiger partial charge in [0.05, 0.1) is 11.8 Å². The number of aromatic amines is 1. The lowest BCUT2D eigenvalue weighted by atomic mass is 10.2. The Morgan fingerprint density at radius 2 is 2.11 bits per heavy atom. The topological polar surface area (TPSA) is 33.9 Å². The molecule has 3 rings (SSSR count). The molecule has 0 unspecified atom stereocenters. The third kappa shape index (κ3) is 2.08. The minimum Gasteiger partial charge on any atom is -0.469 e. The summed E-state index contributed by atoms with van der Waals surface area (Å²) in [6.07, 6.45) is 2.13. The van der Waals surface area contributed by atoms with Gasteiger partial charge in [-0.3, -0.25) is 0 Å². The summed E-state index contributed by atoms with van der Waals surface area (Å²) in [5.41, 5.74) is 0.653. The van der Waals surface area contributed by atoms with Crippen molar-refractivity contribution >= 4 is 23.3 Å². The summed E-state index contributed by atoms with van der Waals surface area (Å²) in [6, 6.07) is 6.17. The quantitative estimate of drug-likeness (QED) is 0.740. The number of benzene rings is 1. The van der Waals surface area contributed by atoms with Crippen molar-refractivity contribution in [2.75, 3.05) is 0 Å². The third-order valence-corrected chi connectivity index (χ3v) is 3.31. The van der Waals surface area contributed by atoms with E-state index in [9.17, 15) is 8.78 Å². The lowest BCUT2D eigenvalue weighted by Gasteiger charge is -2.04. The molecule has 0 bridgehead atoms. The van der Waals surface area contributed by atoms with Gasteiger partial charge in [-0.25, -0.2) is 8.78 Å². The van der Waals surface area contributed by atoms with E-state index in [0.29, 0.717) is 23.3 Å². The minimum absolute atomic E-state index is 0.163. The predicted octanol–water partition coefficient (Wildman–Crippen LogP) is 3.81. The summed E-state index contributed by atoms with van der Waals surface area (Å²) in [4.78, 5) is 2.87. The third-order valence-electron chi connectivity index (χ3n) is 2.99. The van der Waals surface area contributed by atoms with E-state index in [2.05, 4.69) is 4.98 Å². The number of fused-ring (bicyclic) bond motifs is 1. The molecule has 0 amide bonds. The van der Waals surface area contributed by atoms with Crippen molar-refractivity contribution in [3.8, 4) is 0 Å². The van der Waals surface area contributed by atoms with E-state index in [4.69, 9.17) is 16.6 Å². The van der Waals surface area contributed by atoms with Gasteiger partial charge in [0, 0.05) is 13.0 Å². The molecule has 0 aliphatic rings. The molecule has 0 spiro atoms. The van der Waals surface area contributed by atoms with Crippen LogP contribution in [-0.4, -0.2) is 9.55 Å². The summed E-state index contributed by atoms with van der Waals surface area (Å²) < 4.78 is 34.3. The smallest absolute Gasteiger partial charge is 0.184 e. The Morgan fingerprint density at radius 3 is 2.84 bits per heavy atom. The van der Waals surface area contributed by atoms with Crippen molar-refractivity contribution < 1.29 is 13.2 Å². The maximum absolute atomic E-state index is 13.9. The van der Waals surface area contributed by atoms with Gasteiger partial charge in [-0.05, 0) is 36.5 Å². The van der Waals surface area contributed by atoms with Crippen LogP contribution in [0.15, 0.2) is 34.9 Å². The van der Waals surface area contributed by atoms with Crippen LogP contribution >= 0.6 is 12.2 Å². The van der Waals surface area contributed by atoms with Crippen molar-refractivity contribution in [1.29, 1.82) is 0 Å². The predicted molar refractivity (Wildman–Crippen MR) is 69.5 cm³/mol. The van der Waals surface area contributed by atoms with Crippen LogP contribution in [0, 0.1) is 16.4 Å². The van der Waals surface area contributed by atoms with Crippen LogP contribution in [0.5, 0.6) is 0 Å². The van der Waals surface area contributed by atoms with Crippen LogP contribution in [0.3, 0.4) is 0 Å². The minimum atomic E-state index is -0.885. The second-order valence-corrected chi connectivity index (χ2v) is 4.56. The van der Waals surface area contributed by atoms with Gasteiger partial charge in [-0.1, -0.05) is 0 Å². The second-order valence-electron chi connectivity index (χ2n) is 4.17. The van der Waals surface area contributed by atoms with Crippen LogP contribution in [0.25, 0.3) is 11.0 Å². The first kappa shape index (κ1) is 12.1. The first-order chi connectivity index (χ1) is 9.16. The lowest BCUT2D eigenvalue weighted by Crippen LogP contribution is -2.02. The number of hydrogen-bond donors (Lipinski definition) is 1. The van der Waals surface area contributed by atoms with Crippen LogP contribution in [0.1, 0.15) is 5.76 Å². The molecule has 0 aliphatic heterocycles. The summed E-state index contributed by atoms with van der Waals surface area (Å²) >= 11 is 5.14. The van der Waals surface area contributed by atoms with Gasteiger partial charge < -0.3 is 14.0 Å². The maximum atomic E-state index is 13.9. The van der Waals surface area contributed by atoms with Crippen molar-refractivity contribution in [2.24, 2.45) is 0 Å². The van der Waals surface area contributed by atoms with E-state index in [-0.39, 0.29) is 5.52 Å².